The second-order valence-corrected chi connectivity index (χ2v) is 4.30. The Morgan fingerprint density at radius 1 is 1.11 bits per heavy atom. The number of pyridine rings is 1. The van der Waals surface area contributed by atoms with Gasteiger partial charge in [-0.1, -0.05) is 0 Å². The van der Waals surface area contributed by atoms with Crippen LogP contribution in [-0.2, 0) is 7.05 Å². The van der Waals surface area contributed by atoms with Gasteiger partial charge in [0.2, 0.25) is 0 Å². The number of aromatic nitrogens is 4. The first-order valence-electron chi connectivity index (χ1n) is 5.84. The van der Waals surface area contributed by atoms with Gasteiger partial charge >= 0.3 is 0 Å². The van der Waals surface area contributed by atoms with Crippen molar-refractivity contribution in [2.45, 2.75) is 6.92 Å². The van der Waals surface area contributed by atoms with Crippen molar-refractivity contribution in [3.05, 3.63) is 54.6 Å². The van der Waals surface area contributed by atoms with Gasteiger partial charge in [0, 0.05) is 19.4 Å². The molecule has 3 rings (SSSR count). The maximum Gasteiger partial charge on any atom is 0.0908 e. The molecule has 0 spiro atoms. The highest BCUT2D eigenvalue weighted by Crippen LogP contribution is 2.23. The molecule has 3 aromatic heterocycles. The third-order valence-corrected chi connectivity index (χ3v) is 2.93. The molecule has 0 fully saturated rings. The largest absolute Gasteiger partial charge is 0.349 e. The minimum absolute atomic E-state index is 0.974. The van der Waals surface area contributed by atoms with Crippen LogP contribution >= 0.6 is 0 Å². The van der Waals surface area contributed by atoms with Crippen molar-refractivity contribution in [2.75, 3.05) is 0 Å². The Morgan fingerprint density at radius 2 is 2.00 bits per heavy atom. The molecule has 4 heteroatoms. The Labute approximate surface area is 106 Å². The van der Waals surface area contributed by atoms with E-state index in [9.17, 15) is 0 Å². The van der Waals surface area contributed by atoms with Crippen LogP contribution in [0.15, 0.2) is 48.9 Å². The molecular formula is C14H14N4. The summed E-state index contributed by atoms with van der Waals surface area (Å²) in [4.78, 5) is 4.15. The van der Waals surface area contributed by atoms with Gasteiger partial charge in [0.15, 0.2) is 0 Å². The average Bonchev–Trinajstić information content (AvgIpc) is 2.96. The maximum atomic E-state index is 4.54. The predicted octanol–water partition coefficient (Wildman–Crippen LogP) is 2.58. The third kappa shape index (κ3) is 1.72. The molecule has 0 radical (unpaired) electrons. The first-order valence-corrected chi connectivity index (χ1v) is 5.84. The molecule has 3 heterocycles. The monoisotopic (exact) mass is 238 g/mol. The molecule has 0 aliphatic rings. The van der Waals surface area contributed by atoms with Crippen molar-refractivity contribution < 1.29 is 0 Å². The average molecular weight is 238 g/mol. The molecule has 0 atom stereocenters. The molecule has 0 aromatic carbocycles. The van der Waals surface area contributed by atoms with Crippen molar-refractivity contribution in [2.24, 2.45) is 7.05 Å². The summed E-state index contributed by atoms with van der Waals surface area (Å²) in [6.07, 6.45) is 5.62. The zero-order chi connectivity index (χ0) is 12.5. The predicted molar refractivity (Wildman–Crippen MR) is 70.5 cm³/mol. The van der Waals surface area contributed by atoms with Gasteiger partial charge in [-0.3, -0.25) is 4.98 Å². The summed E-state index contributed by atoms with van der Waals surface area (Å²) < 4.78 is 4.01. The highest BCUT2D eigenvalue weighted by molar-refractivity contribution is 5.59. The maximum absolute atomic E-state index is 4.54. The van der Waals surface area contributed by atoms with Crippen LogP contribution in [0.4, 0.5) is 0 Å². The Kier molecular flexibility index (Phi) is 2.48. The topological polar surface area (TPSA) is 35.6 Å². The lowest BCUT2D eigenvalue weighted by atomic mass is 10.2. The second kappa shape index (κ2) is 4.14. The van der Waals surface area contributed by atoms with Crippen LogP contribution in [0.2, 0.25) is 0 Å². The van der Waals surface area contributed by atoms with Crippen molar-refractivity contribution in [3.8, 4) is 17.1 Å². The summed E-state index contributed by atoms with van der Waals surface area (Å²) >= 11 is 0. The first-order chi connectivity index (χ1) is 8.75. The standard InChI is InChI=1S/C14H14N4/c1-11-9-14(13-6-4-8-17(13)2)18(16-11)12-5-3-7-15-10-12/h3-10H,1-2H3. The van der Waals surface area contributed by atoms with Crippen molar-refractivity contribution in [3.63, 3.8) is 0 Å². The van der Waals surface area contributed by atoms with Crippen LogP contribution in [0, 0.1) is 6.92 Å². The lowest BCUT2D eigenvalue weighted by Gasteiger charge is -2.07. The number of aryl methyl sites for hydroxylation is 2. The fourth-order valence-corrected chi connectivity index (χ4v) is 2.08. The molecule has 0 amide bonds. The Morgan fingerprint density at radius 3 is 2.67 bits per heavy atom. The summed E-state index contributed by atoms with van der Waals surface area (Å²) in [5.74, 6) is 0. The van der Waals surface area contributed by atoms with Gasteiger partial charge in [-0.25, -0.2) is 4.68 Å². The Bertz CT molecular complexity index is 664. The molecule has 0 bridgehead atoms. The summed E-state index contributed by atoms with van der Waals surface area (Å²) in [5.41, 5.74) is 4.18. The van der Waals surface area contributed by atoms with Crippen LogP contribution < -0.4 is 0 Å². The number of hydrogen-bond donors (Lipinski definition) is 0. The third-order valence-electron chi connectivity index (χ3n) is 2.93. The molecule has 0 unspecified atom stereocenters. The lowest BCUT2D eigenvalue weighted by molar-refractivity contribution is 0.845. The van der Waals surface area contributed by atoms with E-state index in [1.807, 2.05) is 49.2 Å². The fourth-order valence-electron chi connectivity index (χ4n) is 2.08. The zero-order valence-corrected chi connectivity index (χ0v) is 10.4. The SMILES string of the molecule is Cc1cc(-c2cccn2C)n(-c2cccnc2)n1. The van der Waals surface area contributed by atoms with Gasteiger partial charge in [-0.05, 0) is 37.3 Å². The van der Waals surface area contributed by atoms with Gasteiger partial charge in [-0.15, -0.1) is 0 Å². The molecular weight excluding hydrogens is 224 g/mol. The fraction of sp³-hybridized carbons (Fsp3) is 0.143. The molecule has 0 N–H and O–H groups in total. The zero-order valence-electron chi connectivity index (χ0n) is 10.4. The van der Waals surface area contributed by atoms with Gasteiger partial charge in [0.25, 0.3) is 0 Å². The van der Waals surface area contributed by atoms with Crippen molar-refractivity contribution in [1.82, 2.24) is 19.3 Å². The van der Waals surface area contributed by atoms with Gasteiger partial charge in [0.1, 0.15) is 0 Å². The highest BCUT2D eigenvalue weighted by atomic mass is 15.3. The lowest BCUT2D eigenvalue weighted by Crippen LogP contribution is -2.01. The second-order valence-electron chi connectivity index (χ2n) is 4.30. The van der Waals surface area contributed by atoms with E-state index in [0.717, 1.165) is 22.8 Å². The molecule has 4 nitrogen and oxygen atoms in total. The smallest absolute Gasteiger partial charge is 0.0908 e. The molecule has 0 saturated heterocycles. The number of nitrogens with zero attached hydrogens (tertiary/aromatic N) is 4. The van der Waals surface area contributed by atoms with E-state index in [1.54, 1.807) is 6.20 Å². The van der Waals surface area contributed by atoms with Crippen molar-refractivity contribution in [1.29, 1.82) is 0 Å². The van der Waals surface area contributed by atoms with E-state index in [2.05, 4.69) is 26.8 Å². The van der Waals surface area contributed by atoms with Gasteiger partial charge in [-0.2, -0.15) is 5.10 Å². The van der Waals surface area contributed by atoms with Crippen LogP contribution in [0.3, 0.4) is 0 Å². The molecule has 90 valence electrons. The van der Waals surface area contributed by atoms with E-state index in [1.165, 1.54) is 0 Å². The van der Waals surface area contributed by atoms with Gasteiger partial charge < -0.3 is 4.57 Å². The quantitative estimate of drug-likeness (QED) is 0.688. The summed E-state index contributed by atoms with van der Waals surface area (Å²) in [6.45, 7) is 2.00. The molecule has 0 aliphatic heterocycles. The van der Waals surface area contributed by atoms with Crippen LogP contribution in [0.25, 0.3) is 17.1 Å². The van der Waals surface area contributed by atoms with Crippen LogP contribution in [0.1, 0.15) is 5.69 Å². The summed E-state index contributed by atoms with van der Waals surface area (Å²) in [5, 5.41) is 4.54. The minimum Gasteiger partial charge on any atom is -0.349 e. The molecule has 18 heavy (non-hydrogen) atoms. The summed E-state index contributed by atoms with van der Waals surface area (Å²) in [6, 6.07) is 10.1. The highest BCUT2D eigenvalue weighted by Gasteiger charge is 2.11. The van der Waals surface area contributed by atoms with Crippen molar-refractivity contribution >= 4 is 0 Å². The number of hydrogen-bond acceptors (Lipinski definition) is 2. The minimum atomic E-state index is 0.974. The van der Waals surface area contributed by atoms with E-state index in [4.69, 9.17) is 0 Å². The molecule has 0 aliphatic carbocycles. The normalized spacial score (nSPS) is 10.8. The van der Waals surface area contributed by atoms with E-state index < -0.39 is 0 Å². The van der Waals surface area contributed by atoms with E-state index >= 15 is 0 Å². The molecule has 0 saturated carbocycles. The van der Waals surface area contributed by atoms with Gasteiger partial charge in [0.05, 0.1) is 29.0 Å². The first kappa shape index (κ1) is 10.8. The van der Waals surface area contributed by atoms with E-state index in [0.29, 0.717) is 0 Å². The Hall–Kier alpha value is -2.36. The summed E-state index contributed by atoms with van der Waals surface area (Å²) in [7, 11) is 2.03. The van der Waals surface area contributed by atoms with Crippen LogP contribution in [-0.4, -0.2) is 19.3 Å². The Balaban J connectivity index is 2.20. The van der Waals surface area contributed by atoms with Crippen LogP contribution in [0.5, 0.6) is 0 Å². The number of rotatable bonds is 2. The van der Waals surface area contributed by atoms with E-state index in [-0.39, 0.29) is 0 Å². The molecule has 3 aromatic rings.